The highest BCUT2D eigenvalue weighted by atomic mass is 19.3. The normalized spacial score (nSPS) is 17.3. The number of ether oxygens (including phenoxy) is 1. The molecule has 1 saturated heterocycles. The fourth-order valence-corrected chi connectivity index (χ4v) is 3.48. The maximum atomic E-state index is 12.5. The Balaban J connectivity index is 2.04. The van der Waals surface area contributed by atoms with Crippen LogP contribution in [0.2, 0.25) is 0 Å². The number of carbonyl (C=O) groups excluding carboxylic acids is 1. The Hall–Kier alpha value is -2.95. The molecule has 136 valence electrons. The zero-order valence-corrected chi connectivity index (χ0v) is 14.0. The van der Waals surface area contributed by atoms with E-state index in [-0.39, 0.29) is 24.0 Å². The molecular formula is C18H18F2N4O2. The first-order valence-electron chi connectivity index (χ1n) is 8.29. The van der Waals surface area contributed by atoms with Crippen LogP contribution >= 0.6 is 0 Å². The number of nitrogens with two attached hydrogens (primary N) is 1. The summed E-state index contributed by atoms with van der Waals surface area (Å²) in [5, 5.41) is 10.1. The predicted octanol–water partition coefficient (Wildman–Crippen LogP) is 2.80. The minimum Gasteiger partial charge on any atom is -0.435 e. The number of benzene rings is 1. The zero-order chi connectivity index (χ0) is 18.7. The van der Waals surface area contributed by atoms with Gasteiger partial charge in [-0.15, -0.1) is 0 Å². The summed E-state index contributed by atoms with van der Waals surface area (Å²) in [6, 6.07) is 6.60. The highest BCUT2D eigenvalue weighted by Crippen LogP contribution is 2.35. The molecule has 1 aliphatic heterocycles. The second kappa shape index (κ2) is 7.52. The number of alkyl halides is 2. The molecule has 1 aromatic heterocycles. The van der Waals surface area contributed by atoms with Gasteiger partial charge in [-0.3, -0.25) is 9.78 Å². The molecule has 6 nitrogen and oxygen atoms in total. The summed E-state index contributed by atoms with van der Waals surface area (Å²) in [5.74, 6) is -0.252. The van der Waals surface area contributed by atoms with Crippen molar-refractivity contribution in [2.45, 2.75) is 25.9 Å². The number of aromatic nitrogens is 1. The maximum Gasteiger partial charge on any atom is 0.387 e. The van der Waals surface area contributed by atoms with Crippen LogP contribution in [-0.4, -0.2) is 30.6 Å². The van der Waals surface area contributed by atoms with Gasteiger partial charge in [0.25, 0.3) is 0 Å². The Morgan fingerprint density at radius 3 is 3.00 bits per heavy atom. The van der Waals surface area contributed by atoms with E-state index in [1.165, 1.54) is 18.3 Å². The largest absolute Gasteiger partial charge is 0.435 e. The molecule has 26 heavy (non-hydrogen) atoms. The van der Waals surface area contributed by atoms with Gasteiger partial charge in [0.05, 0.1) is 16.8 Å². The monoisotopic (exact) mass is 360 g/mol. The predicted molar refractivity (Wildman–Crippen MR) is 91.8 cm³/mol. The van der Waals surface area contributed by atoms with Crippen molar-refractivity contribution < 1.29 is 18.3 Å². The third-order valence-electron chi connectivity index (χ3n) is 4.48. The molecule has 1 fully saturated rings. The van der Waals surface area contributed by atoms with Crippen molar-refractivity contribution in [3.05, 3.63) is 30.0 Å². The highest BCUT2D eigenvalue weighted by Gasteiger charge is 2.25. The van der Waals surface area contributed by atoms with Crippen molar-refractivity contribution in [3.8, 4) is 11.8 Å². The molecule has 0 aliphatic carbocycles. The Bertz CT molecular complexity index is 866. The fourth-order valence-electron chi connectivity index (χ4n) is 3.48. The quantitative estimate of drug-likeness (QED) is 0.885. The van der Waals surface area contributed by atoms with Crippen LogP contribution in [0, 0.1) is 17.2 Å². The number of rotatable bonds is 5. The SMILES string of the molecule is N#Cc1cnc2ccc(OC(F)F)cc2c1N1CCCC(CC(N)=O)C1. The number of amides is 1. The summed E-state index contributed by atoms with van der Waals surface area (Å²) in [6.07, 6.45) is 3.48. The minimum atomic E-state index is -2.93. The molecule has 1 aliphatic rings. The first-order valence-corrected chi connectivity index (χ1v) is 8.29. The highest BCUT2D eigenvalue weighted by molar-refractivity contribution is 5.95. The summed E-state index contributed by atoms with van der Waals surface area (Å²) >= 11 is 0. The second-order valence-electron chi connectivity index (χ2n) is 6.31. The Morgan fingerprint density at radius 2 is 2.31 bits per heavy atom. The molecule has 0 bridgehead atoms. The van der Waals surface area contributed by atoms with E-state index in [9.17, 15) is 18.8 Å². The molecule has 8 heteroatoms. The van der Waals surface area contributed by atoms with Crippen molar-refractivity contribution in [1.29, 1.82) is 5.26 Å². The van der Waals surface area contributed by atoms with Gasteiger partial charge in [0.1, 0.15) is 11.8 Å². The lowest BCUT2D eigenvalue weighted by molar-refractivity contribution is -0.118. The molecule has 1 aromatic carbocycles. The van der Waals surface area contributed by atoms with Gasteiger partial charge in [0.2, 0.25) is 5.91 Å². The number of anilines is 1. The molecule has 0 radical (unpaired) electrons. The van der Waals surface area contributed by atoms with E-state index < -0.39 is 6.61 Å². The minimum absolute atomic E-state index is 0.0105. The first kappa shape index (κ1) is 17.9. The lowest BCUT2D eigenvalue weighted by atomic mass is 9.93. The molecular weight excluding hydrogens is 342 g/mol. The zero-order valence-electron chi connectivity index (χ0n) is 14.0. The lowest BCUT2D eigenvalue weighted by Crippen LogP contribution is -2.37. The van der Waals surface area contributed by atoms with E-state index in [4.69, 9.17) is 5.73 Å². The van der Waals surface area contributed by atoms with Gasteiger partial charge in [-0.2, -0.15) is 14.0 Å². The summed E-state index contributed by atoms with van der Waals surface area (Å²) in [4.78, 5) is 17.5. The van der Waals surface area contributed by atoms with Crippen LogP contribution in [0.5, 0.6) is 5.75 Å². The van der Waals surface area contributed by atoms with Gasteiger partial charge in [0.15, 0.2) is 0 Å². The molecule has 3 rings (SSSR count). The van der Waals surface area contributed by atoms with Crippen molar-refractivity contribution in [2.75, 3.05) is 18.0 Å². The van der Waals surface area contributed by atoms with E-state index in [1.807, 2.05) is 4.90 Å². The van der Waals surface area contributed by atoms with Gasteiger partial charge in [-0.25, -0.2) is 0 Å². The molecule has 2 N–H and O–H groups in total. The smallest absolute Gasteiger partial charge is 0.387 e. The van der Waals surface area contributed by atoms with Crippen LogP contribution in [0.4, 0.5) is 14.5 Å². The Kier molecular flexibility index (Phi) is 5.16. The summed E-state index contributed by atoms with van der Waals surface area (Å²) in [7, 11) is 0. The van der Waals surface area contributed by atoms with Gasteiger partial charge in [0, 0.05) is 31.1 Å². The molecule has 2 aromatic rings. The number of hydrogen-bond donors (Lipinski definition) is 1. The standard InChI is InChI=1S/C18H18F2N4O2/c19-18(20)26-13-3-4-15-14(7-13)17(12(8-21)9-23-15)24-5-1-2-11(10-24)6-16(22)25/h3-4,7,9,11,18H,1-2,5-6,10H2,(H2,22,25). The average molecular weight is 360 g/mol. The average Bonchev–Trinajstić information content (AvgIpc) is 2.59. The number of piperidine rings is 1. The summed E-state index contributed by atoms with van der Waals surface area (Å²) in [6.45, 7) is -1.67. The summed E-state index contributed by atoms with van der Waals surface area (Å²) < 4.78 is 29.6. The molecule has 0 saturated carbocycles. The van der Waals surface area contributed by atoms with Gasteiger partial charge in [-0.1, -0.05) is 0 Å². The van der Waals surface area contributed by atoms with Gasteiger partial charge < -0.3 is 15.4 Å². The van der Waals surface area contributed by atoms with Crippen LogP contribution < -0.4 is 15.4 Å². The third-order valence-corrected chi connectivity index (χ3v) is 4.48. The summed E-state index contributed by atoms with van der Waals surface area (Å²) in [5.41, 5.74) is 6.88. The van der Waals surface area contributed by atoms with E-state index in [0.29, 0.717) is 35.2 Å². The van der Waals surface area contributed by atoms with Crippen molar-refractivity contribution in [2.24, 2.45) is 11.7 Å². The maximum absolute atomic E-state index is 12.5. The second-order valence-corrected chi connectivity index (χ2v) is 6.31. The van der Waals surface area contributed by atoms with Crippen LogP contribution in [0.25, 0.3) is 10.9 Å². The number of primary amides is 1. The molecule has 2 heterocycles. The van der Waals surface area contributed by atoms with Gasteiger partial charge in [-0.05, 0) is 37.0 Å². The fraction of sp³-hybridized carbons (Fsp3) is 0.389. The molecule has 1 atom stereocenters. The van der Waals surface area contributed by atoms with Crippen molar-refractivity contribution in [1.82, 2.24) is 4.98 Å². The van der Waals surface area contributed by atoms with Crippen LogP contribution in [0.15, 0.2) is 24.4 Å². The third kappa shape index (κ3) is 3.82. The van der Waals surface area contributed by atoms with Gasteiger partial charge >= 0.3 is 6.61 Å². The van der Waals surface area contributed by atoms with Crippen LogP contribution in [0.1, 0.15) is 24.8 Å². The number of halogens is 2. The lowest BCUT2D eigenvalue weighted by Gasteiger charge is -2.35. The van der Waals surface area contributed by atoms with Crippen molar-refractivity contribution in [3.63, 3.8) is 0 Å². The Morgan fingerprint density at radius 1 is 1.50 bits per heavy atom. The van der Waals surface area contributed by atoms with E-state index in [0.717, 1.165) is 12.8 Å². The number of nitrogens with zero attached hydrogens (tertiary/aromatic N) is 3. The van der Waals surface area contributed by atoms with E-state index >= 15 is 0 Å². The van der Waals surface area contributed by atoms with Crippen molar-refractivity contribution >= 4 is 22.5 Å². The topological polar surface area (TPSA) is 92.2 Å². The first-order chi connectivity index (χ1) is 12.5. The van der Waals surface area contributed by atoms with E-state index in [1.54, 1.807) is 6.07 Å². The number of hydrogen-bond acceptors (Lipinski definition) is 5. The van der Waals surface area contributed by atoms with Crippen LogP contribution in [-0.2, 0) is 4.79 Å². The number of pyridine rings is 1. The number of nitriles is 1. The Labute approximate surface area is 149 Å². The molecule has 0 spiro atoms. The number of carbonyl (C=O) groups is 1. The molecule has 1 amide bonds. The number of fused-ring (bicyclic) bond motifs is 1. The molecule has 1 unspecified atom stereocenters. The van der Waals surface area contributed by atoms with Crippen LogP contribution in [0.3, 0.4) is 0 Å². The van der Waals surface area contributed by atoms with E-state index in [2.05, 4.69) is 15.8 Å².